The highest BCUT2D eigenvalue weighted by Crippen LogP contribution is 2.42. The maximum Gasteiger partial charge on any atom is 0.169 e. The number of hydrogen-bond acceptors (Lipinski definition) is 3. The topological polar surface area (TPSA) is 38.7 Å². The molecule has 2 fully saturated rings. The van der Waals surface area contributed by atoms with Crippen molar-refractivity contribution in [1.29, 1.82) is 0 Å². The van der Waals surface area contributed by atoms with E-state index >= 15 is 0 Å². The fraction of sp³-hybridized carbons (Fsp3) is 1.00. The molecule has 3 nitrogen and oxygen atoms in total. The molecule has 82 valence electrons. The molecule has 1 spiro atoms. The SMILES string of the molecule is CC1CC(C)CC2(C1)OCC(CO)O2. The first-order valence-electron chi connectivity index (χ1n) is 5.56. The van der Waals surface area contributed by atoms with E-state index in [1.165, 1.54) is 6.42 Å². The van der Waals surface area contributed by atoms with E-state index in [-0.39, 0.29) is 18.5 Å². The Morgan fingerprint density at radius 3 is 2.43 bits per heavy atom. The van der Waals surface area contributed by atoms with Gasteiger partial charge in [0.25, 0.3) is 0 Å². The summed E-state index contributed by atoms with van der Waals surface area (Å²) in [6.07, 6.45) is 3.12. The number of aliphatic hydroxyl groups is 1. The van der Waals surface area contributed by atoms with Crippen molar-refractivity contribution in [2.75, 3.05) is 13.2 Å². The Balaban J connectivity index is 2.01. The van der Waals surface area contributed by atoms with E-state index in [9.17, 15) is 0 Å². The van der Waals surface area contributed by atoms with E-state index < -0.39 is 0 Å². The molecule has 1 N–H and O–H groups in total. The molecule has 3 atom stereocenters. The van der Waals surface area contributed by atoms with Crippen molar-refractivity contribution in [3.8, 4) is 0 Å². The third kappa shape index (κ3) is 1.95. The summed E-state index contributed by atoms with van der Waals surface area (Å²) in [5, 5.41) is 9.01. The van der Waals surface area contributed by atoms with Crippen LogP contribution in [-0.2, 0) is 9.47 Å². The smallest absolute Gasteiger partial charge is 0.169 e. The molecular formula is C11H20O3. The minimum Gasteiger partial charge on any atom is -0.394 e. The number of rotatable bonds is 1. The molecule has 0 aromatic carbocycles. The zero-order valence-corrected chi connectivity index (χ0v) is 9.03. The molecule has 0 bridgehead atoms. The molecule has 1 aliphatic carbocycles. The zero-order chi connectivity index (χ0) is 10.2. The summed E-state index contributed by atoms with van der Waals surface area (Å²) in [5.41, 5.74) is 0. The van der Waals surface area contributed by atoms with Crippen molar-refractivity contribution in [1.82, 2.24) is 0 Å². The van der Waals surface area contributed by atoms with E-state index in [2.05, 4.69) is 13.8 Å². The lowest BCUT2D eigenvalue weighted by Crippen LogP contribution is -2.39. The second kappa shape index (κ2) is 3.80. The molecule has 1 heterocycles. The third-order valence-corrected chi connectivity index (χ3v) is 3.24. The molecule has 0 radical (unpaired) electrons. The highest BCUT2D eigenvalue weighted by molar-refractivity contribution is 4.87. The summed E-state index contributed by atoms with van der Waals surface area (Å²) in [6, 6.07) is 0. The Bertz CT molecular complexity index is 195. The minimum atomic E-state index is -0.371. The average Bonchev–Trinajstić information content (AvgIpc) is 2.46. The van der Waals surface area contributed by atoms with Crippen molar-refractivity contribution < 1.29 is 14.6 Å². The van der Waals surface area contributed by atoms with Gasteiger partial charge in [-0.05, 0) is 18.3 Å². The van der Waals surface area contributed by atoms with Gasteiger partial charge in [0.2, 0.25) is 0 Å². The lowest BCUT2D eigenvalue weighted by Gasteiger charge is -2.38. The first-order valence-corrected chi connectivity index (χ1v) is 5.56. The third-order valence-electron chi connectivity index (χ3n) is 3.24. The Morgan fingerprint density at radius 2 is 1.93 bits per heavy atom. The summed E-state index contributed by atoms with van der Waals surface area (Å²) in [6.45, 7) is 5.12. The summed E-state index contributed by atoms with van der Waals surface area (Å²) in [4.78, 5) is 0. The van der Waals surface area contributed by atoms with Crippen LogP contribution in [0.25, 0.3) is 0 Å². The molecule has 14 heavy (non-hydrogen) atoms. The average molecular weight is 200 g/mol. The van der Waals surface area contributed by atoms with Crippen molar-refractivity contribution in [3.05, 3.63) is 0 Å². The molecule has 2 aliphatic rings. The van der Waals surface area contributed by atoms with Crippen LogP contribution < -0.4 is 0 Å². The fourth-order valence-electron chi connectivity index (χ4n) is 2.92. The standard InChI is InChI=1S/C11H20O3/c1-8-3-9(2)5-11(4-8)13-7-10(6-12)14-11/h8-10,12H,3-7H2,1-2H3. The molecule has 1 aliphatic heterocycles. The fourth-order valence-corrected chi connectivity index (χ4v) is 2.92. The van der Waals surface area contributed by atoms with Crippen LogP contribution >= 0.6 is 0 Å². The van der Waals surface area contributed by atoms with Crippen LogP contribution in [0.2, 0.25) is 0 Å². The van der Waals surface area contributed by atoms with Crippen molar-refractivity contribution >= 4 is 0 Å². The Kier molecular flexibility index (Phi) is 2.82. The predicted molar refractivity (Wildman–Crippen MR) is 52.8 cm³/mol. The molecule has 3 unspecified atom stereocenters. The Labute approximate surface area is 85.4 Å². The Morgan fingerprint density at radius 1 is 1.29 bits per heavy atom. The van der Waals surface area contributed by atoms with Crippen LogP contribution in [0.15, 0.2) is 0 Å². The van der Waals surface area contributed by atoms with Crippen molar-refractivity contribution in [3.63, 3.8) is 0 Å². The highest BCUT2D eigenvalue weighted by atomic mass is 16.7. The van der Waals surface area contributed by atoms with Gasteiger partial charge in [-0.25, -0.2) is 0 Å². The summed E-state index contributed by atoms with van der Waals surface area (Å²) < 4.78 is 11.6. The van der Waals surface area contributed by atoms with E-state index in [0.29, 0.717) is 18.4 Å². The van der Waals surface area contributed by atoms with Gasteiger partial charge in [0.1, 0.15) is 6.10 Å². The van der Waals surface area contributed by atoms with Gasteiger partial charge in [-0.3, -0.25) is 0 Å². The normalized spacial score (nSPS) is 48.6. The van der Waals surface area contributed by atoms with Gasteiger partial charge in [-0.1, -0.05) is 13.8 Å². The maximum absolute atomic E-state index is 9.01. The molecule has 1 saturated heterocycles. The first-order chi connectivity index (χ1) is 6.63. The van der Waals surface area contributed by atoms with Crippen LogP contribution in [0.4, 0.5) is 0 Å². The second-order valence-corrected chi connectivity index (χ2v) is 5.00. The van der Waals surface area contributed by atoms with E-state index in [0.717, 1.165) is 12.8 Å². The molecule has 0 aromatic rings. The van der Waals surface area contributed by atoms with Crippen molar-refractivity contribution in [2.24, 2.45) is 11.8 Å². The molecule has 1 saturated carbocycles. The van der Waals surface area contributed by atoms with Gasteiger partial charge in [-0.2, -0.15) is 0 Å². The lowest BCUT2D eigenvalue weighted by atomic mass is 9.79. The van der Waals surface area contributed by atoms with Crippen LogP contribution in [0.3, 0.4) is 0 Å². The first kappa shape index (κ1) is 10.4. The highest BCUT2D eigenvalue weighted by Gasteiger charge is 2.45. The number of ether oxygens (including phenoxy) is 2. The second-order valence-electron chi connectivity index (χ2n) is 5.00. The molecular weight excluding hydrogens is 180 g/mol. The summed E-state index contributed by atoms with van der Waals surface area (Å²) >= 11 is 0. The van der Waals surface area contributed by atoms with Gasteiger partial charge in [0.05, 0.1) is 13.2 Å². The molecule has 2 rings (SSSR count). The predicted octanol–water partition coefficient (Wildman–Crippen LogP) is 1.55. The zero-order valence-electron chi connectivity index (χ0n) is 9.03. The van der Waals surface area contributed by atoms with E-state index in [4.69, 9.17) is 14.6 Å². The van der Waals surface area contributed by atoms with Crippen molar-refractivity contribution in [2.45, 2.75) is 45.0 Å². The maximum atomic E-state index is 9.01. The monoisotopic (exact) mass is 200 g/mol. The van der Waals surface area contributed by atoms with E-state index in [1.54, 1.807) is 0 Å². The van der Waals surface area contributed by atoms with Gasteiger partial charge in [0, 0.05) is 12.8 Å². The van der Waals surface area contributed by atoms with Crippen LogP contribution in [-0.4, -0.2) is 30.2 Å². The van der Waals surface area contributed by atoms with Crippen LogP contribution in [0.5, 0.6) is 0 Å². The summed E-state index contributed by atoms with van der Waals surface area (Å²) in [5.74, 6) is 0.956. The number of aliphatic hydroxyl groups excluding tert-OH is 1. The van der Waals surface area contributed by atoms with Crippen LogP contribution in [0.1, 0.15) is 33.1 Å². The molecule has 0 amide bonds. The lowest BCUT2D eigenvalue weighted by molar-refractivity contribution is -0.206. The van der Waals surface area contributed by atoms with E-state index in [1.807, 2.05) is 0 Å². The Hall–Kier alpha value is -0.120. The van der Waals surface area contributed by atoms with Gasteiger partial charge in [0.15, 0.2) is 5.79 Å². The number of hydrogen-bond donors (Lipinski definition) is 1. The summed E-state index contributed by atoms with van der Waals surface area (Å²) in [7, 11) is 0. The largest absolute Gasteiger partial charge is 0.394 e. The minimum absolute atomic E-state index is 0.0739. The molecule has 3 heteroatoms. The quantitative estimate of drug-likeness (QED) is 0.698. The van der Waals surface area contributed by atoms with Crippen LogP contribution in [0, 0.1) is 11.8 Å². The molecule has 0 aromatic heterocycles. The van der Waals surface area contributed by atoms with Gasteiger partial charge < -0.3 is 14.6 Å². The van der Waals surface area contributed by atoms with Gasteiger partial charge in [-0.15, -0.1) is 0 Å². The van der Waals surface area contributed by atoms with Gasteiger partial charge >= 0.3 is 0 Å².